The Balaban J connectivity index is 1.90. The standard InChI is InChI=1S/C18H20N2O5S2/c1-4-16-18(21)19-15-10-14(5-6-17(15)26-16)27(22,23)20-11-7-12(24-2)9-13(8-11)25-3/h5-10,16,20H,4H2,1-3H3,(H,19,21)/t16-/m1/s1. The number of nitrogens with one attached hydrogen (secondary N) is 2. The zero-order chi connectivity index (χ0) is 19.6. The summed E-state index contributed by atoms with van der Waals surface area (Å²) >= 11 is 1.44. The molecule has 27 heavy (non-hydrogen) atoms. The van der Waals surface area contributed by atoms with Gasteiger partial charge in [0.1, 0.15) is 11.5 Å². The third-order valence-electron chi connectivity index (χ3n) is 4.06. The normalized spacial score (nSPS) is 16.3. The van der Waals surface area contributed by atoms with Gasteiger partial charge >= 0.3 is 0 Å². The maximum atomic E-state index is 12.8. The van der Waals surface area contributed by atoms with Gasteiger partial charge < -0.3 is 14.8 Å². The molecule has 2 aromatic carbocycles. The van der Waals surface area contributed by atoms with Crippen molar-refractivity contribution in [3.05, 3.63) is 36.4 Å². The van der Waals surface area contributed by atoms with Crippen molar-refractivity contribution in [2.45, 2.75) is 28.4 Å². The van der Waals surface area contributed by atoms with E-state index < -0.39 is 10.0 Å². The van der Waals surface area contributed by atoms with Crippen molar-refractivity contribution in [3.63, 3.8) is 0 Å². The van der Waals surface area contributed by atoms with Crippen molar-refractivity contribution < 1.29 is 22.7 Å². The van der Waals surface area contributed by atoms with E-state index in [2.05, 4.69) is 10.0 Å². The van der Waals surface area contributed by atoms with E-state index in [0.29, 0.717) is 29.3 Å². The number of thioether (sulfide) groups is 1. The number of rotatable bonds is 6. The van der Waals surface area contributed by atoms with Gasteiger partial charge in [-0.1, -0.05) is 6.92 Å². The molecule has 7 nitrogen and oxygen atoms in total. The predicted octanol–water partition coefficient (Wildman–Crippen LogP) is 3.33. The van der Waals surface area contributed by atoms with Gasteiger partial charge in [-0.15, -0.1) is 11.8 Å². The van der Waals surface area contributed by atoms with E-state index in [-0.39, 0.29) is 16.1 Å². The lowest BCUT2D eigenvalue weighted by Crippen LogP contribution is -2.28. The molecule has 144 valence electrons. The fourth-order valence-corrected chi connectivity index (χ4v) is 4.73. The van der Waals surface area contributed by atoms with Gasteiger partial charge in [0.15, 0.2) is 0 Å². The van der Waals surface area contributed by atoms with Crippen LogP contribution in [0.3, 0.4) is 0 Å². The number of fused-ring (bicyclic) bond motifs is 1. The van der Waals surface area contributed by atoms with Gasteiger partial charge in [-0.2, -0.15) is 0 Å². The smallest absolute Gasteiger partial charge is 0.261 e. The average molecular weight is 409 g/mol. The summed E-state index contributed by atoms with van der Waals surface area (Å²) in [4.78, 5) is 13.0. The monoisotopic (exact) mass is 408 g/mol. The summed E-state index contributed by atoms with van der Waals surface area (Å²) in [7, 11) is -0.882. The molecule has 0 spiro atoms. The first-order chi connectivity index (χ1) is 12.9. The van der Waals surface area contributed by atoms with Crippen LogP contribution in [0.1, 0.15) is 13.3 Å². The maximum Gasteiger partial charge on any atom is 0.261 e. The van der Waals surface area contributed by atoms with Gasteiger partial charge in [0.2, 0.25) is 5.91 Å². The van der Waals surface area contributed by atoms with Gasteiger partial charge in [-0.25, -0.2) is 8.42 Å². The van der Waals surface area contributed by atoms with Crippen molar-refractivity contribution in [2.24, 2.45) is 0 Å². The molecule has 0 bridgehead atoms. The molecular formula is C18H20N2O5S2. The molecule has 1 atom stereocenters. The van der Waals surface area contributed by atoms with Crippen LogP contribution < -0.4 is 19.5 Å². The highest BCUT2D eigenvalue weighted by molar-refractivity contribution is 8.01. The Labute approximate surface area is 162 Å². The van der Waals surface area contributed by atoms with Crippen molar-refractivity contribution in [1.82, 2.24) is 0 Å². The molecule has 0 aliphatic carbocycles. The third kappa shape index (κ3) is 4.14. The minimum absolute atomic E-state index is 0.0545. The molecule has 0 saturated carbocycles. The molecule has 0 aromatic heterocycles. The van der Waals surface area contributed by atoms with E-state index in [1.807, 2.05) is 6.92 Å². The van der Waals surface area contributed by atoms with Gasteiger partial charge in [-0.3, -0.25) is 9.52 Å². The number of carbonyl (C=O) groups is 1. The minimum Gasteiger partial charge on any atom is -0.497 e. The van der Waals surface area contributed by atoms with Gasteiger partial charge in [0.25, 0.3) is 10.0 Å². The molecule has 0 radical (unpaired) electrons. The second-order valence-corrected chi connectivity index (χ2v) is 8.80. The quantitative estimate of drug-likeness (QED) is 0.762. The largest absolute Gasteiger partial charge is 0.497 e. The molecule has 1 aliphatic heterocycles. The van der Waals surface area contributed by atoms with Crippen molar-refractivity contribution in [3.8, 4) is 11.5 Å². The van der Waals surface area contributed by atoms with Crippen LogP contribution in [0.25, 0.3) is 0 Å². The van der Waals surface area contributed by atoms with Gasteiger partial charge in [-0.05, 0) is 24.6 Å². The number of sulfonamides is 1. The Morgan fingerprint density at radius 1 is 1.11 bits per heavy atom. The lowest BCUT2D eigenvalue weighted by molar-refractivity contribution is -0.115. The number of methoxy groups -OCH3 is 2. The van der Waals surface area contributed by atoms with Crippen molar-refractivity contribution in [2.75, 3.05) is 24.3 Å². The number of hydrogen-bond acceptors (Lipinski definition) is 6. The third-order valence-corrected chi connectivity index (χ3v) is 6.88. The van der Waals surface area contributed by atoms with Crippen LogP contribution in [0.2, 0.25) is 0 Å². The van der Waals surface area contributed by atoms with Crippen LogP contribution in [-0.2, 0) is 14.8 Å². The second-order valence-electron chi connectivity index (χ2n) is 5.87. The first-order valence-electron chi connectivity index (χ1n) is 8.23. The number of ether oxygens (including phenoxy) is 2. The molecule has 3 rings (SSSR count). The predicted molar refractivity (Wildman–Crippen MR) is 105 cm³/mol. The molecule has 2 aromatic rings. The Bertz CT molecular complexity index is 953. The summed E-state index contributed by atoms with van der Waals surface area (Å²) in [6.07, 6.45) is 0.704. The molecule has 0 saturated heterocycles. The highest BCUT2D eigenvalue weighted by Crippen LogP contribution is 2.38. The minimum atomic E-state index is -3.86. The number of hydrogen-bond donors (Lipinski definition) is 2. The van der Waals surface area contributed by atoms with Crippen LogP contribution in [0.4, 0.5) is 11.4 Å². The Kier molecular flexibility index (Phi) is 5.52. The summed E-state index contributed by atoms with van der Waals surface area (Å²) in [6, 6.07) is 9.46. The van der Waals surface area contributed by atoms with Crippen LogP contribution >= 0.6 is 11.8 Å². The fraction of sp³-hybridized carbons (Fsp3) is 0.278. The van der Waals surface area contributed by atoms with Gasteiger partial charge in [0, 0.05) is 23.1 Å². The van der Waals surface area contributed by atoms with E-state index in [9.17, 15) is 13.2 Å². The lowest BCUT2D eigenvalue weighted by Gasteiger charge is -2.23. The van der Waals surface area contributed by atoms with Crippen LogP contribution in [0.5, 0.6) is 11.5 Å². The summed E-state index contributed by atoms with van der Waals surface area (Å²) in [5.74, 6) is 0.813. The number of carbonyl (C=O) groups excluding carboxylic acids is 1. The Morgan fingerprint density at radius 3 is 2.37 bits per heavy atom. The fourth-order valence-electron chi connectivity index (χ4n) is 2.65. The van der Waals surface area contributed by atoms with E-state index in [1.54, 1.807) is 24.3 Å². The SMILES string of the molecule is CC[C@H]1Sc2ccc(S(=O)(=O)Nc3cc(OC)cc(OC)c3)cc2NC1=O. The molecule has 0 unspecified atom stereocenters. The first kappa shape index (κ1) is 19.4. The molecule has 2 N–H and O–H groups in total. The topological polar surface area (TPSA) is 93.7 Å². The van der Waals surface area contributed by atoms with Crippen LogP contribution in [-0.4, -0.2) is 33.8 Å². The lowest BCUT2D eigenvalue weighted by atomic mass is 10.2. The van der Waals surface area contributed by atoms with Crippen LogP contribution in [0.15, 0.2) is 46.2 Å². The highest BCUT2D eigenvalue weighted by Gasteiger charge is 2.27. The Morgan fingerprint density at radius 2 is 1.78 bits per heavy atom. The van der Waals surface area contributed by atoms with Crippen LogP contribution in [0, 0.1) is 0 Å². The molecule has 1 heterocycles. The van der Waals surface area contributed by atoms with E-state index in [4.69, 9.17) is 9.47 Å². The number of amides is 1. The van der Waals surface area contributed by atoms with E-state index in [1.165, 1.54) is 38.1 Å². The molecule has 1 amide bonds. The maximum absolute atomic E-state index is 12.8. The summed E-state index contributed by atoms with van der Waals surface area (Å²) in [6.45, 7) is 1.94. The second kappa shape index (κ2) is 7.69. The highest BCUT2D eigenvalue weighted by atomic mass is 32.2. The first-order valence-corrected chi connectivity index (χ1v) is 10.6. The van der Waals surface area contributed by atoms with E-state index >= 15 is 0 Å². The number of anilines is 2. The molecule has 9 heteroatoms. The zero-order valence-electron chi connectivity index (χ0n) is 15.1. The average Bonchev–Trinajstić information content (AvgIpc) is 2.66. The Hall–Kier alpha value is -2.39. The summed E-state index contributed by atoms with van der Waals surface area (Å²) in [5, 5.41) is 2.62. The summed E-state index contributed by atoms with van der Waals surface area (Å²) < 4.78 is 38.4. The molecular weight excluding hydrogens is 388 g/mol. The van der Waals surface area contributed by atoms with Gasteiger partial charge in [0.05, 0.1) is 35.7 Å². The van der Waals surface area contributed by atoms with Crippen molar-refractivity contribution >= 4 is 39.1 Å². The molecule has 1 aliphatic rings. The van der Waals surface area contributed by atoms with Crippen molar-refractivity contribution in [1.29, 1.82) is 0 Å². The summed E-state index contributed by atoms with van der Waals surface area (Å²) in [5.41, 5.74) is 0.814. The number of benzene rings is 2. The van der Waals surface area contributed by atoms with E-state index in [0.717, 1.165) is 4.90 Å². The molecule has 0 fully saturated rings. The zero-order valence-corrected chi connectivity index (χ0v) is 16.7.